The fraction of sp³-hybridized carbons (Fsp3) is 0.167. The number of hydrogen-bond donors (Lipinski definition) is 2. The molecule has 134 valence electrons. The lowest BCUT2D eigenvalue weighted by Crippen LogP contribution is -2.15. The van der Waals surface area contributed by atoms with E-state index in [4.69, 9.17) is 4.74 Å². The Kier molecular flexibility index (Phi) is 6.11. The van der Waals surface area contributed by atoms with Gasteiger partial charge in [0.15, 0.2) is 5.13 Å². The molecule has 0 fully saturated rings. The van der Waals surface area contributed by atoms with Gasteiger partial charge in [-0.2, -0.15) is 0 Å². The van der Waals surface area contributed by atoms with E-state index >= 15 is 0 Å². The van der Waals surface area contributed by atoms with Crippen LogP contribution in [0.1, 0.15) is 20.9 Å². The molecule has 1 aromatic carbocycles. The third-order valence-electron chi connectivity index (χ3n) is 3.38. The van der Waals surface area contributed by atoms with Crippen LogP contribution in [0.3, 0.4) is 0 Å². The molecule has 0 aliphatic rings. The number of ether oxygens (including phenoxy) is 1. The topological polar surface area (TPSA) is 80.3 Å². The lowest BCUT2D eigenvalue weighted by Gasteiger charge is -2.06. The lowest BCUT2D eigenvalue weighted by atomic mass is 10.2. The Balaban J connectivity index is 1.56. The maximum atomic E-state index is 12.2. The van der Waals surface area contributed by atoms with Gasteiger partial charge in [0.2, 0.25) is 5.91 Å². The van der Waals surface area contributed by atoms with Crippen LogP contribution in [0.2, 0.25) is 0 Å². The largest absolute Gasteiger partial charge is 0.380 e. The molecule has 0 aliphatic carbocycles. The SMILES string of the molecule is COCc1cccc(NC(=O)Cc2csc(NC(=O)c3cccs3)n2)c1. The van der Waals surface area contributed by atoms with Crippen LogP contribution in [-0.4, -0.2) is 23.9 Å². The summed E-state index contributed by atoms with van der Waals surface area (Å²) in [6.07, 6.45) is 0.139. The molecular formula is C18H17N3O3S2. The maximum Gasteiger partial charge on any atom is 0.267 e. The molecule has 0 radical (unpaired) electrons. The van der Waals surface area contributed by atoms with Crippen LogP contribution in [0.25, 0.3) is 0 Å². The zero-order valence-electron chi connectivity index (χ0n) is 14.0. The highest BCUT2D eigenvalue weighted by molar-refractivity contribution is 7.14. The van der Waals surface area contributed by atoms with Gasteiger partial charge in [-0.25, -0.2) is 4.98 Å². The number of carbonyl (C=O) groups excluding carboxylic acids is 2. The summed E-state index contributed by atoms with van der Waals surface area (Å²) in [5.41, 5.74) is 2.31. The second-order valence-corrected chi connectivity index (χ2v) is 7.24. The Labute approximate surface area is 158 Å². The molecule has 2 amide bonds. The second kappa shape index (κ2) is 8.70. The normalized spacial score (nSPS) is 10.5. The highest BCUT2D eigenvalue weighted by Crippen LogP contribution is 2.19. The van der Waals surface area contributed by atoms with Gasteiger partial charge >= 0.3 is 0 Å². The van der Waals surface area contributed by atoms with E-state index in [9.17, 15) is 9.59 Å². The van der Waals surface area contributed by atoms with E-state index in [0.29, 0.717) is 28.0 Å². The van der Waals surface area contributed by atoms with Crippen molar-refractivity contribution in [1.29, 1.82) is 0 Å². The van der Waals surface area contributed by atoms with Crippen molar-refractivity contribution in [3.8, 4) is 0 Å². The highest BCUT2D eigenvalue weighted by atomic mass is 32.1. The van der Waals surface area contributed by atoms with E-state index in [-0.39, 0.29) is 18.2 Å². The van der Waals surface area contributed by atoms with Crippen molar-refractivity contribution in [1.82, 2.24) is 4.98 Å². The summed E-state index contributed by atoms with van der Waals surface area (Å²) in [6, 6.07) is 11.1. The number of aromatic nitrogens is 1. The van der Waals surface area contributed by atoms with Crippen molar-refractivity contribution in [2.75, 3.05) is 17.7 Å². The molecular weight excluding hydrogens is 370 g/mol. The molecule has 0 spiro atoms. The number of methoxy groups -OCH3 is 1. The number of thiazole rings is 1. The molecule has 0 aliphatic heterocycles. The first kappa shape index (κ1) is 18.2. The van der Waals surface area contributed by atoms with Gasteiger partial charge in [0.1, 0.15) is 0 Å². The van der Waals surface area contributed by atoms with Gasteiger partial charge in [-0.05, 0) is 29.1 Å². The number of rotatable bonds is 7. The van der Waals surface area contributed by atoms with Crippen LogP contribution in [0.5, 0.6) is 0 Å². The molecule has 2 heterocycles. The zero-order valence-corrected chi connectivity index (χ0v) is 15.7. The summed E-state index contributed by atoms with van der Waals surface area (Å²) in [7, 11) is 1.63. The Morgan fingerprint density at radius 3 is 2.81 bits per heavy atom. The van der Waals surface area contributed by atoms with Crippen LogP contribution in [0, 0.1) is 0 Å². The van der Waals surface area contributed by atoms with Crippen molar-refractivity contribution in [2.45, 2.75) is 13.0 Å². The fourth-order valence-electron chi connectivity index (χ4n) is 2.29. The Morgan fingerprint density at radius 1 is 1.15 bits per heavy atom. The molecule has 2 N–H and O–H groups in total. The van der Waals surface area contributed by atoms with E-state index in [0.717, 1.165) is 5.56 Å². The second-order valence-electron chi connectivity index (χ2n) is 5.43. The summed E-state index contributed by atoms with van der Waals surface area (Å²) >= 11 is 2.66. The first-order chi connectivity index (χ1) is 12.6. The number of amides is 2. The van der Waals surface area contributed by atoms with E-state index < -0.39 is 0 Å². The van der Waals surface area contributed by atoms with Gasteiger partial charge in [-0.15, -0.1) is 22.7 Å². The molecule has 6 nitrogen and oxygen atoms in total. The van der Waals surface area contributed by atoms with Crippen LogP contribution in [-0.2, 0) is 22.6 Å². The minimum absolute atomic E-state index is 0.139. The summed E-state index contributed by atoms with van der Waals surface area (Å²) < 4.78 is 5.09. The number of benzene rings is 1. The first-order valence-corrected chi connectivity index (χ1v) is 9.57. The monoisotopic (exact) mass is 387 g/mol. The predicted molar refractivity (Wildman–Crippen MR) is 104 cm³/mol. The standard InChI is InChI=1S/C18H17N3O3S2/c1-24-10-12-4-2-5-13(8-12)19-16(22)9-14-11-26-18(20-14)21-17(23)15-6-3-7-25-15/h2-8,11H,9-10H2,1H3,(H,19,22)(H,20,21,23). The van der Waals surface area contributed by atoms with E-state index in [1.54, 1.807) is 18.6 Å². The van der Waals surface area contributed by atoms with E-state index in [2.05, 4.69) is 15.6 Å². The van der Waals surface area contributed by atoms with E-state index in [1.165, 1.54) is 22.7 Å². The van der Waals surface area contributed by atoms with E-state index in [1.807, 2.05) is 35.7 Å². The molecule has 0 unspecified atom stereocenters. The van der Waals surface area contributed by atoms with Gasteiger partial charge in [-0.3, -0.25) is 14.9 Å². The quantitative estimate of drug-likeness (QED) is 0.646. The molecule has 0 saturated carbocycles. The Hall–Kier alpha value is -2.55. The smallest absolute Gasteiger partial charge is 0.267 e. The zero-order chi connectivity index (χ0) is 18.4. The van der Waals surface area contributed by atoms with Crippen molar-refractivity contribution in [3.05, 3.63) is 63.3 Å². The molecule has 0 bridgehead atoms. The summed E-state index contributed by atoms with van der Waals surface area (Å²) in [4.78, 5) is 29.1. The number of anilines is 2. The lowest BCUT2D eigenvalue weighted by molar-refractivity contribution is -0.115. The summed E-state index contributed by atoms with van der Waals surface area (Å²) in [5.74, 6) is -0.360. The van der Waals surface area contributed by atoms with Crippen molar-refractivity contribution >= 4 is 45.3 Å². The van der Waals surface area contributed by atoms with Gasteiger partial charge in [-0.1, -0.05) is 18.2 Å². The average Bonchev–Trinajstić information content (AvgIpc) is 3.27. The number of thiophene rings is 1. The fourth-order valence-corrected chi connectivity index (χ4v) is 3.61. The third-order valence-corrected chi connectivity index (χ3v) is 5.06. The number of carbonyl (C=O) groups is 2. The average molecular weight is 387 g/mol. The molecule has 0 saturated heterocycles. The highest BCUT2D eigenvalue weighted by Gasteiger charge is 2.12. The molecule has 3 aromatic rings. The number of hydrogen-bond acceptors (Lipinski definition) is 6. The Bertz CT molecular complexity index is 891. The number of nitrogens with zero attached hydrogens (tertiary/aromatic N) is 1. The molecule has 26 heavy (non-hydrogen) atoms. The molecule has 8 heteroatoms. The molecule has 2 aromatic heterocycles. The van der Waals surface area contributed by atoms with Crippen molar-refractivity contribution in [2.24, 2.45) is 0 Å². The van der Waals surface area contributed by atoms with Crippen molar-refractivity contribution in [3.63, 3.8) is 0 Å². The summed E-state index contributed by atoms with van der Waals surface area (Å²) in [5, 5.41) is 9.68. The summed E-state index contributed by atoms with van der Waals surface area (Å²) in [6.45, 7) is 0.489. The van der Waals surface area contributed by atoms with Crippen LogP contribution in [0.4, 0.5) is 10.8 Å². The van der Waals surface area contributed by atoms with Crippen molar-refractivity contribution < 1.29 is 14.3 Å². The minimum Gasteiger partial charge on any atom is -0.380 e. The molecule has 0 atom stereocenters. The first-order valence-electron chi connectivity index (χ1n) is 7.81. The van der Waals surface area contributed by atoms with Crippen LogP contribution in [0.15, 0.2) is 47.2 Å². The molecule has 3 rings (SSSR count). The van der Waals surface area contributed by atoms with Gasteiger partial charge < -0.3 is 10.1 Å². The van der Waals surface area contributed by atoms with Crippen LogP contribution < -0.4 is 10.6 Å². The predicted octanol–water partition coefficient (Wildman–Crippen LogP) is 3.78. The Morgan fingerprint density at radius 2 is 2.04 bits per heavy atom. The van der Waals surface area contributed by atoms with Crippen LogP contribution >= 0.6 is 22.7 Å². The third kappa shape index (κ3) is 4.98. The van der Waals surface area contributed by atoms with Gasteiger partial charge in [0, 0.05) is 18.2 Å². The van der Waals surface area contributed by atoms with Gasteiger partial charge in [0.05, 0.1) is 23.6 Å². The number of nitrogens with one attached hydrogen (secondary N) is 2. The van der Waals surface area contributed by atoms with Gasteiger partial charge in [0.25, 0.3) is 5.91 Å². The minimum atomic E-state index is -0.194. The maximum absolute atomic E-state index is 12.2.